The summed E-state index contributed by atoms with van der Waals surface area (Å²) in [6, 6.07) is 13.8. The lowest BCUT2D eigenvalue weighted by molar-refractivity contribution is -0.161. The normalized spacial score (nSPS) is 25.0. The molecule has 2 aliphatic rings. The van der Waals surface area contributed by atoms with Crippen LogP contribution in [0.4, 0.5) is 0 Å². The number of hydrogen-bond acceptors (Lipinski definition) is 4. The van der Waals surface area contributed by atoms with Gasteiger partial charge in [-0.25, -0.2) is 13.1 Å². The number of piperidine rings is 1. The van der Waals surface area contributed by atoms with Gasteiger partial charge in [-0.1, -0.05) is 54.4 Å². The lowest BCUT2D eigenvalue weighted by atomic mass is 9.67. The van der Waals surface area contributed by atoms with Crippen LogP contribution in [0, 0.1) is 11.3 Å². The summed E-state index contributed by atoms with van der Waals surface area (Å²) in [6.45, 7) is 4.98. The number of nitrogens with zero attached hydrogens (tertiary/aromatic N) is 1. The number of amides is 1. The SMILES string of the molecule is CC(C)S(=O)(=O)NC[C@H](C1CC1)N1C(=O)[C@](C)(CC(=O)O)C[C@H](c2cccc(Cl)c2)[C@H]1c1ccc(Cl)cc1. The topological polar surface area (TPSA) is 104 Å². The standard InChI is InChI=1S/C28H34Cl2N2O5S/c1-17(2)38(36,37)31-16-24(18-7-8-18)32-26(19-9-11-21(29)12-10-19)23(20-5-4-6-22(30)13-20)14-28(3,27(32)35)15-25(33)34/h4-6,9-13,17-18,23-24,26,31H,7-8,14-16H2,1-3H3,(H,33,34)/t23-,24-,26-,28+/m1/s1. The Kier molecular flexibility index (Phi) is 8.48. The van der Waals surface area contributed by atoms with Crippen LogP contribution in [-0.4, -0.2) is 48.1 Å². The number of carboxylic acid groups (broad SMARTS) is 1. The summed E-state index contributed by atoms with van der Waals surface area (Å²) in [5.41, 5.74) is 0.553. The molecule has 206 valence electrons. The Bertz CT molecular complexity index is 1300. The van der Waals surface area contributed by atoms with Crippen molar-refractivity contribution in [2.75, 3.05) is 6.54 Å². The highest BCUT2D eigenvalue weighted by Crippen LogP contribution is 2.54. The Morgan fingerprint density at radius 3 is 2.32 bits per heavy atom. The van der Waals surface area contributed by atoms with Gasteiger partial charge in [-0.2, -0.15) is 0 Å². The average Bonchev–Trinajstić information content (AvgIpc) is 3.67. The molecule has 1 heterocycles. The number of carbonyl (C=O) groups is 2. The van der Waals surface area contributed by atoms with Crippen LogP contribution < -0.4 is 4.72 Å². The van der Waals surface area contributed by atoms with Crippen LogP contribution in [0.2, 0.25) is 10.0 Å². The first-order chi connectivity index (χ1) is 17.8. The third-order valence-corrected chi connectivity index (χ3v) is 10.1. The molecule has 38 heavy (non-hydrogen) atoms. The van der Waals surface area contributed by atoms with E-state index in [1.54, 1.807) is 43.9 Å². The number of likely N-dealkylation sites (tertiary alicyclic amines) is 1. The van der Waals surface area contributed by atoms with Crippen molar-refractivity contribution in [1.29, 1.82) is 0 Å². The predicted octanol–water partition coefficient (Wildman–Crippen LogP) is 5.64. The van der Waals surface area contributed by atoms with Crippen LogP contribution in [0.25, 0.3) is 0 Å². The summed E-state index contributed by atoms with van der Waals surface area (Å²) in [7, 11) is -3.58. The summed E-state index contributed by atoms with van der Waals surface area (Å²) in [4.78, 5) is 28.1. The quantitative estimate of drug-likeness (QED) is 0.378. The van der Waals surface area contributed by atoms with Crippen LogP contribution in [0.1, 0.15) is 69.5 Å². The molecule has 1 amide bonds. The van der Waals surface area contributed by atoms with Crippen molar-refractivity contribution in [3.63, 3.8) is 0 Å². The van der Waals surface area contributed by atoms with E-state index in [9.17, 15) is 23.1 Å². The molecule has 2 aromatic rings. The van der Waals surface area contributed by atoms with Crippen molar-refractivity contribution in [2.24, 2.45) is 11.3 Å². The van der Waals surface area contributed by atoms with Crippen LogP contribution in [0.5, 0.6) is 0 Å². The maximum Gasteiger partial charge on any atom is 0.304 e. The molecule has 0 radical (unpaired) electrons. The molecule has 0 unspecified atom stereocenters. The van der Waals surface area contributed by atoms with Gasteiger partial charge in [-0.3, -0.25) is 9.59 Å². The molecule has 1 aliphatic carbocycles. The molecule has 1 saturated heterocycles. The number of nitrogens with one attached hydrogen (secondary N) is 1. The zero-order valence-electron chi connectivity index (χ0n) is 21.7. The maximum absolute atomic E-state index is 14.3. The molecule has 4 atom stereocenters. The van der Waals surface area contributed by atoms with Crippen molar-refractivity contribution in [1.82, 2.24) is 9.62 Å². The number of benzene rings is 2. The Labute approximate surface area is 234 Å². The minimum atomic E-state index is -3.58. The van der Waals surface area contributed by atoms with Gasteiger partial charge >= 0.3 is 5.97 Å². The summed E-state index contributed by atoms with van der Waals surface area (Å²) in [6.07, 6.45) is 1.70. The summed E-state index contributed by atoms with van der Waals surface area (Å²) in [5.74, 6) is -1.51. The second kappa shape index (κ2) is 11.2. The Morgan fingerprint density at radius 1 is 1.11 bits per heavy atom. The van der Waals surface area contributed by atoms with Gasteiger partial charge in [0.1, 0.15) is 0 Å². The lowest BCUT2D eigenvalue weighted by Gasteiger charge is -2.52. The molecule has 1 saturated carbocycles. The van der Waals surface area contributed by atoms with Gasteiger partial charge in [0.15, 0.2) is 0 Å². The lowest BCUT2D eigenvalue weighted by Crippen LogP contribution is -2.59. The molecular weight excluding hydrogens is 547 g/mol. The van der Waals surface area contributed by atoms with Crippen LogP contribution in [0.15, 0.2) is 48.5 Å². The zero-order chi connectivity index (χ0) is 27.8. The fourth-order valence-corrected chi connectivity index (χ4v) is 6.65. The summed E-state index contributed by atoms with van der Waals surface area (Å²) >= 11 is 12.6. The van der Waals surface area contributed by atoms with E-state index < -0.39 is 38.7 Å². The van der Waals surface area contributed by atoms with E-state index in [1.807, 2.05) is 30.3 Å². The van der Waals surface area contributed by atoms with Gasteiger partial charge in [0.2, 0.25) is 15.9 Å². The number of rotatable bonds is 10. The van der Waals surface area contributed by atoms with E-state index in [0.29, 0.717) is 16.5 Å². The second-order valence-electron chi connectivity index (χ2n) is 11.1. The first kappa shape index (κ1) is 28.9. The van der Waals surface area contributed by atoms with E-state index in [4.69, 9.17) is 23.2 Å². The fourth-order valence-electron chi connectivity index (χ4n) is 5.59. The minimum Gasteiger partial charge on any atom is -0.481 e. The van der Waals surface area contributed by atoms with Gasteiger partial charge in [0, 0.05) is 28.5 Å². The first-order valence-corrected chi connectivity index (χ1v) is 15.2. The Morgan fingerprint density at radius 2 is 1.76 bits per heavy atom. The third kappa shape index (κ3) is 6.19. The summed E-state index contributed by atoms with van der Waals surface area (Å²) in [5, 5.41) is 10.3. The minimum absolute atomic E-state index is 0.0619. The molecular formula is C28H34Cl2N2O5S. The van der Waals surface area contributed by atoms with E-state index in [2.05, 4.69) is 4.72 Å². The molecule has 2 fully saturated rings. The monoisotopic (exact) mass is 580 g/mol. The molecule has 0 bridgehead atoms. The van der Waals surface area contributed by atoms with Gasteiger partial charge in [0.05, 0.1) is 23.1 Å². The highest BCUT2D eigenvalue weighted by atomic mass is 35.5. The predicted molar refractivity (Wildman–Crippen MR) is 149 cm³/mol. The molecule has 2 aromatic carbocycles. The van der Waals surface area contributed by atoms with Gasteiger partial charge in [0.25, 0.3) is 0 Å². The van der Waals surface area contributed by atoms with Crippen LogP contribution in [0.3, 0.4) is 0 Å². The van der Waals surface area contributed by atoms with E-state index in [-0.39, 0.29) is 30.7 Å². The van der Waals surface area contributed by atoms with E-state index in [1.165, 1.54) is 0 Å². The number of hydrogen-bond donors (Lipinski definition) is 2. The van der Waals surface area contributed by atoms with Crippen LogP contribution in [-0.2, 0) is 19.6 Å². The number of sulfonamides is 1. The summed E-state index contributed by atoms with van der Waals surface area (Å²) < 4.78 is 28.1. The van der Waals surface area contributed by atoms with Crippen molar-refractivity contribution >= 4 is 45.1 Å². The van der Waals surface area contributed by atoms with Crippen molar-refractivity contribution in [3.05, 3.63) is 69.7 Å². The molecule has 1 aliphatic heterocycles. The average molecular weight is 582 g/mol. The van der Waals surface area contributed by atoms with Crippen molar-refractivity contribution in [3.8, 4) is 0 Å². The third-order valence-electron chi connectivity index (χ3n) is 7.77. The highest BCUT2D eigenvalue weighted by molar-refractivity contribution is 7.90. The van der Waals surface area contributed by atoms with E-state index in [0.717, 1.165) is 24.0 Å². The highest BCUT2D eigenvalue weighted by Gasteiger charge is 2.54. The van der Waals surface area contributed by atoms with Crippen LogP contribution >= 0.6 is 23.2 Å². The number of carbonyl (C=O) groups excluding carboxylic acids is 1. The molecule has 10 heteroatoms. The number of halogens is 2. The number of aliphatic carboxylic acids is 1. The smallest absolute Gasteiger partial charge is 0.304 e. The first-order valence-electron chi connectivity index (χ1n) is 12.9. The van der Waals surface area contributed by atoms with Crippen molar-refractivity contribution in [2.45, 2.75) is 69.7 Å². The van der Waals surface area contributed by atoms with Crippen molar-refractivity contribution < 1.29 is 23.1 Å². The Hall–Kier alpha value is -2.13. The van der Waals surface area contributed by atoms with Gasteiger partial charge in [-0.15, -0.1) is 0 Å². The maximum atomic E-state index is 14.3. The number of carboxylic acids is 1. The zero-order valence-corrected chi connectivity index (χ0v) is 24.1. The second-order valence-corrected chi connectivity index (χ2v) is 14.2. The van der Waals surface area contributed by atoms with E-state index >= 15 is 0 Å². The molecule has 0 aromatic heterocycles. The molecule has 2 N–H and O–H groups in total. The molecule has 4 rings (SSSR count). The largest absolute Gasteiger partial charge is 0.481 e. The fraction of sp³-hybridized carbons (Fsp3) is 0.500. The van der Waals surface area contributed by atoms with Gasteiger partial charge < -0.3 is 10.0 Å². The molecule has 0 spiro atoms. The molecule has 7 nitrogen and oxygen atoms in total. The van der Waals surface area contributed by atoms with Gasteiger partial charge in [-0.05, 0) is 74.4 Å². The Balaban J connectivity index is 1.88.